The monoisotopic (exact) mass is 459 g/mol. The molecule has 0 bridgehead atoms. The molecule has 2 aromatic carbocycles. The molecule has 0 spiro atoms. The van der Waals surface area contributed by atoms with E-state index >= 15 is 0 Å². The Bertz CT molecular complexity index is 1240. The number of benzene rings is 2. The molecule has 34 heavy (non-hydrogen) atoms. The summed E-state index contributed by atoms with van der Waals surface area (Å²) in [5, 5.41) is 8.19. The lowest BCUT2D eigenvalue weighted by molar-refractivity contribution is -0.116. The van der Waals surface area contributed by atoms with E-state index in [4.69, 9.17) is 4.52 Å². The van der Waals surface area contributed by atoms with Crippen LogP contribution in [0.3, 0.4) is 0 Å². The van der Waals surface area contributed by atoms with Gasteiger partial charge in [0.15, 0.2) is 5.58 Å². The van der Waals surface area contributed by atoms with Crippen LogP contribution in [0, 0.1) is 24.6 Å². The molecule has 5 rings (SSSR count). The molecule has 2 atom stereocenters. The van der Waals surface area contributed by atoms with E-state index in [0.717, 1.165) is 54.7 Å². The van der Waals surface area contributed by atoms with E-state index in [2.05, 4.69) is 22.0 Å². The highest BCUT2D eigenvalue weighted by molar-refractivity contribution is 5.92. The van der Waals surface area contributed by atoms with Crippen LogP contribution in [-0.2, 0) is 4.79 Å². The Morgan fingerprint density at radius 1 is 1.24 bits per heavy atom. The van der Waals surface area contributed by atoms with E-state index in [1.165, 1.54) is 17.7 Å². The Balaban J connectivity index is 1.07. The van der Waals surface area contributed by atoms with Crippen molar-refractivity contribution in [2.24, 2.45) is 11.8 Å². The van der Waals surface area contributed by atoms with Gasteiger partial charge >= 0.3 is 0 Å². The maximum absolute atomic E-state index is 13.4. The number of halogens is 1. The van der Waals surface area contributed by atoms with Gasteiger partial charge < -0.3 is 14.7 Å². The normalized spacial score (nSPS) is 21.4. The number of nitrogens with one attached hydrogen (secondary N) is 1. The third-order valence-corrected chi connectivity index (χ3v) is 7.32. The van der Waals surface area contributed by atoms with Gasteiger partial charge in [-0.25, -0.2) is 4.39 Å². The van der Waals surface area contributed by atoms with Crippen molar-refractivity contribution in [2.45, 2.75) is 25.7 Å². The molecule has 3 aromatic rings. The van der Waals surface area contributed by atoms with Gasteiger partial charge in [-0.15, -0.1) is 0 Å². The number of nitrogens with zero attached hydrogens (tertiary/aromatic N) is 2. The number of aromatic nitrogens is 1. The minimum absolute atomic E-state index is 0.0674. The Morgan fingerprint density at radius 3 is 2.82 bits per heavy atom. The zero-order chi connectivity index (χ0) is 23.7. The molecule has 0 radical (unpaired) electrons. The highest BCUT2D eigenvalue weighted by Crippen LogP contribution is 2.45. The summed E-state index contributed by atoms with van der Waals surface area (Å²) in [7, 11) is 0. The van der Waals surface area contributed by atoms with Crippen molar-refractivity contribution in [2.75, 3.05) is 26.2 Å². The molecule has 1 saturated carbocycles. The summed E-state index contributed by atoms with van der Waals surface area (Å²) in [6.45, 7) is 9.86. The fourth-order valence-corrected chi connectivity index (χ4v) is 5.06. The van der Waals surface area contributed by atoms with Crippen LogP contribution in [-0.4, -0.2) is 42.1 Å². The lowest BCUT2D eigenvalue weighted by Crippen LogP contribution is -2.35. The van der Waals surface area contributed by atoms with Gasteiger partial charge in [0.05, 0.1) is 5.69 Å². The maximum Gasteiger partial charge on any atom is 0.244 e. The van der Waals surface area contributed by atoms with E-state index < -0.39 is 0 Å². The molecule has 2 aliphatic rings. The quantitative estimate of drug-likeness (QED) is 0.395. The van der Waals surface area contributed by atoms with Crippen molar-refractivity contribution in [1.29, 1.82) is 0 Å². The molecule has 2 heterocycles. The fourth-order valence-electron chi connectivity index (χ4n) is 5.06. The number of likely N-dealkylation sites (tertiary alicyclic amines) is 1. The molecule has 6 heteroatoms. The van der Waals surface area contributed by atoms with Gasteiger partial charge in [-0.05, 0) is 62.2 Å². The molecular weight excluding hydrogens is 429 g/mol. The number of carbonyl (C=O) groups excluding carboxylic acids is 1. The lowest BCUT2D eigenvalue weighted by Gasteiger charge is -2.31. The average Bonchev–Trinajstić information content (AvgIpc) is 3.24. The number of piperidine rings is 1. The predicted molar refractivity (Wildman–Crippen MR) is 132 cm³/mol. The minimum atomic E-state index is -0.303. The largest absolute Gasteiger partial charge is 0.356 e. The summed E-state index contributed by atoms with van der Waals surface area (Å²) in [4.78, 5) is 14.7. The van der Waals surface area contributed by atoms with Gasteiger partial charge in [-0.3, -0.25) is 4.79 Å². The highest BCUT2D eigenvalue weighted by atomic mass is 19.1. The van der Waals surface area contributed by atoms with Crippen molar-refractivity contribution < 1.29 is 13.7 Å². The molecule has 1 N–H and O–H groups in total. The van der Waals surface area contributed by atoms with Gasteiger partial charge in [-0.2, -0.15) is 0 Å². The Hall–Kier alpha value is -3.25. The van der Waals surface area contributed by atoms with Crippen molar-refractivity contribution >= 4 is 23.0 Å². The van der Waals surface area contributed by atoms with Crippen molar-refractivity contribution in [3.05, 3.63) is 83.3 Å². The Kier molecular flexibility index (Phi) is 6.33. The predicted octanol–water partition coefficient (Wildman–Crippen LogP) is 5.09. The molecule has 1 saturated heterocycles. The van der Waals surface area contributed by atoms with E-state index in [9.17, 15) is 9.18 Å². The number of hydrogen-bond donors (Lipinski definition) is 1. The second-order valence-electron chi connectivity index (χ2n) is 9.51. The third kappa shape index (κ3) is 4.82. The zero-order valence-corrected chi connectivity index (χ0v) is 19.5. The summed E-state index contributed by atoms with van der Waals surface area (Å²) in [6.07, 6.45) is 5.48. The second-order valence-corrected chi connectivity index (χ2v) is 9.51. The highest BCUT2D eigenvalue weighted by Gasteiger charge is 2.43. The number of fused-ring (bicyclic) bond motifs is 1. The van der Waals surface area contributed by atoms with E-state index in [1.54, 1.807) is 12.1 Å². The molecule has 1 aromatic heterocycles. The van der Waals surface area contributed by atoms with Gasteiger partial charge in [0.1, 0.15) is 5.82 Å². The van der Waals surface area contributed by atoms with Crippen LogP contribution >= 0.6 is 0 Å². The standard InChI is InChI=1S/C28H30FN3O2/c1-18-5-3-4-6-20(18)7-10-27(33)30-16-24-19(2)25(24)17-32-13-11-21(12-14-32)28-23-9-8-22(29)15-26(23)34-31-28/h3-10,15,21,24-25H,2,11-14,16-17H2,1H3,(H,30,33)/b10-7+/t24-,25-/m0/s1. The van der Waals surface area contributed by atoms with E-state index in [-0.39, 0.29) is 11.7 Å². The van der Waals surface area contributed by atoms with E-state index in [0.29, 0.717) is 29.9 Å². The smallest absolute Gasteiger partial charge is 0.244 e. The summed E-state index contributed by atoms with van der Waals surface area (Å²) in [5.74, 6) is 0.751. The van der Waals surface area contributed by atoms with Crippen LogP contribution in [0.25, 0.3) is 17.0 Å². The Morgan fingerprint density at radius 2 is 2.03 bits per heavy atom. The first-order chi connectivity index (χ1) is 16.5. The molecule has 0 unspecified atom stereocenters. The summed E-state index contributed by atoms with van der Waals surface area (Å²) in [6, 6.07) is 12.6. The topological polar surface area (TPSA) is 58.4 Å². The van der Waals surface area contributed by atoms with Crippen LogP contribution in [0.1, 0.15) is 35.6 Å². The number of rotatable bonds is 7. The number of aryl methyl sites for hydroxylation is 1. The van der Waals surface area contributed by atoms with Gasteiger partial charge in [0, 0.05) is 48.4 Å². The van der Waals surface area contributed by atoms with Crippen LogP contribution in [0.15, 0.2) is 65.2 Å². The first-order valence-electron chi connectivity index (χ1n) is 12.0. The molecule has 1 aliphatic heterocycles. The number of carbonyl (C=O) groups is 1. The summed E-state index contributed by atoms with van der Waals surface area (Å²) < 4.78 is 18.8. The number of hydrogen-bond acceptors (Lipinski definition) is 4. The van der Waals surface area contributed by atoms with Gasteiger partial charge in [0.2, 0.25) is 5.91 Å². The summed E-state index contributed by atoms with van der Waals surface area (Å²) >= 11 is 0. The zero-order valence-electron chi connectivity index (χ0n) is 19.5. The van der Waals surface area contributed by atoms with Gasteiger partial charge in [0.25, 0.3) is 0 Å². The molecule has 1 aliphatic carbocycles. The van der Waals surface area contributed by atoms with Crippen molar-refractivity contribution in [3.63, 3.8) is 0 Å². The maximum atomic E-state index is 13.4. The van der Waals surface area contributed by atoms with Crippen LogP contribution in [0.2, 0.25) is 0 Å². The molecule has 2 fully saturated rings. The lowest BCUT2D eigenvalue weighted by atomic mass is 9.91. The summed E-state index contributed by atoms with van der Waals surface area (Å²) in [5.41, 5.74) is 4.90. The SMILES string of the molecule is C=C1[C@H](CNC(=O)/C=C/c2ccccc2C)[C@H]1CN1CCC(c2noc3cc(F)ccc23)CC1. The number of amides is 1. The van der Waals surface area contributed by atoms with Crippen LogP contribution in [0.5, 0.6) is 0 Å². The first-order valence-corrected chi connectivity index (χ1v) is 12.0. The molecule has 5 nitrogen and oxygen atoms in total. The molecule has 176 valence electrons. The van der Waals surface area contributed by atoms with Crippen molar-refractivity contribution in [1.82, 2.24) is 15.4 Å². The average molecular weight is 460 g/mol. The molecule has 1 amide bonds. The molecular formula is C28H30FN3O2. The van der Waals surface area contributed by atoms with E-state index in [1.807, 2.05) is 37.3 Å². The fraction of sp³-hybridized carbons (Fsp3) is 0.357. The second kappa shape index (κ2) is 9.55. The Labute approximate surface area is 199 Å². The van der Waals surface area contributed by atoms with Crippen molar-refractivity contribution in [3.8, 4) is 0 Å². The third-order valence-electron chi connectivity index (χ3n) is 7.32. The van der Waals surface area contributed by atoms with Crippen LogP contribution in [0.4, 0.5) is 4.39 Å². The van der Waals surface area contributed by atoms with Crippen LogP contribution < -0.4 is 5.32 Å². The first kappa shape index (κ1) is 22.5. The minimum Gasteiger partial charge on any atom is -0.356 e. The van der Waals surface area contributed by atoms with Gasteiger partial charge in [-0.1, -0.05) is 41.6 Å².